The summed E-state index contributed by atoms with van der Waals surface area (Å²) in [5.74, 6) is 3.24. The molecule has 3 nitrogen and oxygen atoms in total. The van der Waals surface area contributed by atoms with E-state index in [0.29, 0.717) is 29.4 Å². The molecule has 0 spiro atoms. The highest BCUT2D eigenvalue weighted by Gasteiger charge is 2.62. The highest BCUT2D eigenvalue weighted by Crippen LogP contribution is 2.66. The number of fused-ring (bicyclic) bond motifs is 5. The van der Waals surface area contributed by atoms with Gasteiger partial charge in [-0.3, -0.25) is 0 Å². The summed E-state index contributed by atoms with van der Waals surface area (Å²) >= 11 is 0. The minimum absolute atomic E-state index is 0.0414. The summed E-state index contributed by atoms with van der Waals surface area (Å²) in [5.41, 5.74) is 0.883. The summed E-state index contributed by atoms with van der Waals surface area (Å²) in [6.45, 7) is 7.95. The molecule has 0 aromatic rings. The first-order chi connectivity index (χ1) is 12.3. The Bertz CT molecular complexity index is 522. The van der Waals surface area contributed by atoms with E-state index in [4.69, 9.17) is 4.74 Å². The van der Waals surface area contributed by atoms with Gasteiger partial charge in [0, 0.05) is 12.6 Å². The van der Waals surface area contributed by atoms with Crippen LogP contribution in [0.25, 0.3) is 0 Å². The molecule has 0 aliphatic heterocycles. The molecule has 150 valence electrons. The van der Waals surface area contributed by atoms with Crippen LogP contribution in [0.3, 0.4) is 0 Å². The van der Waals surface area contributed by atoms with Gasteiger partial charge >= 0.3 is 0 Å². The topological polar surface area (TPSA) is 32.7 Å². The van der Waals surface area contributed by atoms with Crippen molar-refractivity contribution in [2.75, 3.05) is 20.7 Å². The van der Waals surface area contributed by atoms with Crippen molar-refractivity contribution < 1.29 is 9.84 Å². The van der Waals surface area contributed by atoms with E-state index in [0.717, 1.165) is 30.6 Å². The molecule has 4 saturated carbocycles. The predicted octanol–water partition coefficient (Wildman–Crippen LogP) is 4.34. The van der Waals surface area contributed by atoms with Crippen LogP contribution in [0.4, 0.5) is 0 Å². The first-order valence-corrected chi connectivity index (χ1v) is 11.3. The van der Waals surface area contributed by atoms with Gasteiger partial charge < -0.3 is 14.7 Å². The Hall–Kier alpha value is -0.120. The second kappa shape index (κ2) is 6.74. The Kier molecular flexibility index (Phi) is 4.98. The van der Waals surface area contributed by atoms with E-state index < -0.39 is 0 Å². The molecule has 26 heavy (non-hydrogen) atoms. The largest absolute Gasteiger partial charge is 0.390 e. The van der Waals surface area contributed by atoms with Crippen molar-refractivity contribution in [2.45, 2.75) is 90.4 Å². The minimum Gasteiger partial charge on any atom is -0.390 e. The number of aliphatic hydroxyl groups is 1. The maximum Gasteiger partial charge on any atom is 0.0839 e. The molecule has 0 saturated heterocycles. The van der Waals surface area contributed by atoms with Crippen molar-refractivity contribution in [2.24, 2.45) is 34.5 Å². The Morgan fingerprint density at radius 1 is 1.12 bits per heavy atom. The molecule has 0 aromatic heterocycles. The Morgan fingerprint density at radius 2 is 1.88 bits per heavy atom. The SMILES string of the molecule is CCOC1C[C@@]2(C)C(CC[C@@H]3[C@H]2C(N(C)C)C[C@]2(C)CCC[C@@H]32)CC1O. The van der Waals surface area contributed by atoms with E-state index in [1.807, 2.05) is 0 Å². The van der Waals surface area contributed by atoms with Gasteiger partial charge in [-0.2, -0.15) is 0 Å². The monoisotopic (exact) mass is 363 g/mol. The standard InChI is InChI=1S/C23H41NO2/c1-6-26-20-14-23(3)15(12-19(20)25)9-10-16-17-8-7-11-22(17,2)13-18(21(16)23)24(4)5/h15-21,25H,6-14H2,1-5H3/t15?,16-,17-,18?,19?,20?,21-,22-,23-/m0/s1. The van der Waals surface area contributed by atoms with Crippen LogP contribution in [0.2, 0.25) is 0 Å². The molecular weight excluding hydrogens is 322 g/mol. The Labute approximate surface area is 160 Å². The minimum atomic E-state index is -0.261. The molecule has 4 unspecified atom stereocenters. The summed E-state index contributed by atoms with van der Waals surface area (Å²) < 4.78 is 6.03. The second-order valence-corrected chi connectivity index (χ2v) is 10.9. The lowest BCUT2D eigenvalue weighted by Gasteiger charge is -2.64. The first-order valence-electron chi connectivity index (χ1n) is 11.3. The maximum absolute atomic E-state index is 10.7. The lowest BCUT2D eigenvalue weighted by Crippen LogP contribution is -2.63. The molecule has 4 aliphatic carbocycles. The molecule has 1 N–H and O–H groups in total. The fraction of sp³-hybridized carbons (Fsp3) is 1.00. The number of ether oxygens (including phenoxy) is 1. The van der Waals surface area contributed by atoms with E-state index in [-0.39, 0.29) is 12.2 Å². The third kappa shape index (κ3) is 2.79. The molecule has 0 amide bonds. The Balaban J connectivity index is 1.70. The summed E-state index contributed by atoms with van der Waals surface area (Å²) in [5, 5.41) is 10.7. The molecule has 0 radical (unpaired) electrons. The average Bonchev–Trinajstić information content (AvgIpc) is 2.97. The molecule has 9 atom stereocenters. The summed E-state index contributed by atoms with van der Waals surface area (Å²) in [6, 6.07) is 0.685. The number of hydrogen-bond donors (Lipinski definition) is 1. The zero-order valence-corrected chi connectivity index (χ0v) is 17.7. The molecular formula is C23H41NO2. The van der Waals surface area contributed by atoms with Gasteiger partial charge in [-0.05, 0) is 100 Å². The fourth-order valence-corrected chi connectivity index (χ4v) is 8.28. The highest BCUT2D eigenvalue weighted by atomic mass is 16.5. The smallest absolute Gasteiger partial charge is 0.0839 e. The van der Waals surface area contributed by atoms with Gasteiger partial charge in [-0.25, -0.2) is 0 Å². The van der Waals surface area contributed by atoms with Crippen LogP contribution in [-0.4, -0.2) is 49.0 Å². The van der Waals surface area contributed by atoms with Crippen molar-refractivity contribution in [3.05, 3.63) is 0 Å². The third-order valence-corrected chi connectivity index (χ3v) is 9.41. The lowest BCUT2D eigenvalue weighted by atomic mass is 9.43. The summed E-state index contributed by atoms with van der Waals surface area (Å²) in [7, 11) is 4.62. The number of rotatable bonds is 3. The van der Waals surface area contributed by atoms with Crippen LogP contribution in [0, 0.1) is 34.5 Å². The van der Waals surface area contributed by atoms with Crippen molar-refractivity contribution in [3.8, 4) is 0 Å². The van der Waals surface area contributed by atoms with Crippen LogP contribution in [0.15, 0.2) is 0 Å². The maximum atomic E-state index is 10.7. The zero-order valence-electron chi connectivity index (χ0n) is 17.7. The molecule has 4 aliphatic rings. The van der Waals surface area contributed by atoms with Crippen LogP contribution in [0.5, 0.6) is 0 Å². The first kappa shape index (κ1) is 19.2. The zero-order chi connectivity index (χ0) is 18.7. The van der Waals surface area contributed by atoms with Crippen molar-refractivity contribution in [1.82, 2.24) is 4.90 Å². The van der Waals surface area contributed by atoms with Gasteiger partial charge in [0.15, 0.2) is 0 Å². The van der Waals surface area contributed by atoms with Gasteiger partial charge in [0.05, 0.1) is 12.2 Å². The molecule has 0 heterocycles. The van der Waals surface area contributed by atoms with Crippen LogP contribution >= 0.6 is 0 Å². The van der Waals surface area contributed by atoms with Crippen molar-refractivity contribution in [1.29, 1.82) is 0 Å². The molecule has 0 bridgehead atoms. The average molecular weight is 364 g/mol. The van der Waals surface area contributed by atoms with Crippen LogP contribution in [-0.2, 0) is 4.74 Å². The third-order valence-electron chi connectivity index (χ3n) is 9.41. The van der Waals surface area contributed by atoms with Gasteiger partial charge in [0.25, 0.3) is 0 Å². The fourth-order valence-electron chi connectivity index (χ4n) is 8.28. The van der Waals surface area contributed by atoms with E-state index >= 15 is 0 Å². The van der Waals surface area contributed by atoms with Crippen molar-refractivity contribution in [3.63, 3.8) is 0 Å². The van der Waals surface area contributed by atoms with Crippen LogP contribution in [0.1, 0.15) is 72.1 Å². The van der Waals surface area contributed by atoms with Gasteiger partial charge in [-0.1, -0.05) is 20.3 Å². The molecule has 3 heteroatoms. The van der Waals surface area contributed by atoms with Crippen LogP contribution < -0.4 is 0 Å². The number of hydrogen-bond acceptors (Lipinski definition) is 3. The van der Waals surface area contributed by atoms with E-state index in [1.54, 1.807) is 0 Å². The Morgan fingerprint density at radius 3 is 2.58 bits per heavy atom. The summed E-state index contributed by atoms with van der Waals surface area (Å²) in [4.78, 5) is 2.55. The number of nitrogens with zero attached hydrogens (tertiary/aromatic N) is 1. The molecule has 4 rings (SSSR count). The van der Waals surface area contributed by atoms with Gasteiger partial charge in [-0.15, -0.1) is 0 Å². The molecule has 0 aromatic carbocycles. The normalized spacial score (nSPS) is 53.9. The van der Waals surface area contributed by atoms with E-state index in [2.05, 4.69) is 39.8 Å². The van der Waals surface area contributed by atoms with E-state index in [1.165, 1.54) is 38.5 Å². The summed E-state index contributed by atoms with van der Waals surface area (Å²) in [6.07, 6.45) is 10.2. The number of aliphatic hydroxyl groups excluding tert-OH is 1. The quantitative estimate of drug-likeness (QED) is 0.810. The van der Waals surface area contributed by atoms with Gasteiger partial charge in [0.1, 0.15) is 0 Å². The van der Waals surface area contributed by atoms with Crippen molar-refractivity contribution >= 4 is 0 Å². The lowest BCUT2D eigenvalue weighted by molar-refractivity contribution is -0.185. The van der Waals surface area contributed by atoms with Gasteiger partial charge in [0.2, 0.25) is 0 Å². The molecule has 4 fully saturated rings. The predicted molar refractivity (Wildman–Crippen MR) is 106 cm³/mol. The second-order valence-electron chi connectivity index (χ2n) is 10.9. The van der Waals surface area contributed by atoms with E-state index in [9.17, 15) is 5.11 Å². The highest BCUT2D eigenvalue weighted by molar-refractivity contribution is 5.12.